The van der Waals surface area contributed by atoms with Crippen LogP contribution in [0.25, 0.3) is 11.1 Å². The number of nitrogens with one attached hydrogen (secondary N) is 1. The summed E-state index contributed by atoms with van der Waals surface area (Å²) in [5.41, 5.74) is 5.74. The number of ether oxygens (including phenoxy) is 1. The number of nitrogens with zero attached hydrogens (tertiary/aromatic N) is 1. The predicted molar refractivity (Wildman–Crippen MR) is 129 cm³/mol. The van der Waals surface area contributed by atoms with Crippen molar-refractivity contribution < 1.29 is 19.4 Å². The van der Waals surface area contributed by atoms with Crippen molar-refractivity contribution in [3.8, 4) is 11.1 Å². The lowest BCUT2D eigenvalue weighted by molar-refractivity contribution is -0.139. The van der Waals surface area contributed by atoms with Crippen molar-refractivity contribution in [2.45, 2.75) is 25.5 Å². The molecule has 1 heterocycles. The van der Waals surface area contributed by atoms with Crippen LogP contribution < -0.4 is 5.32 Å². The van der Waals surface area contributed by atoms with Gasteiger partial charge in [0.05, 0.1) is 10.4 Å². The first-order valence-electron chi connectivity index (χ1n) is 10.1. The van der Waals surface area contributed by atoms with Gasteiger partial charge in [0, 0.05) is 18.9 Å². The second-order valence-electron chi connectivity index (χ2n) is 7.29. The van der Waals surface area contributed by atoms with Crippen LogP contribution in [-0.2, 0) is 9.53 Å². The summed E-state index contributed by atoms with van der Waals surface area (Å²) in [6.45, 7) is 1.99. The summed E-state index contributed by atoms with van der Waals surface area (Å²) in [4.78, 5) is 29.9. The van der Waals surface area contributed by atoms with Crippen LogP contribution in [-0.4, -0.2) is 47.1 Å². The zero-order valence-electron chi connectivity index (χ0n) is 18.2. The number of aliphatic carboxylic acids is 1. The van der Waals surface area contributed by atoms with E-state index in [1.54, 1.807) is 36.6 Å². The van der Waals surface area contributed by atoms with Crippen LogP contribution in [0.4, 0.5) is 0 Å². The molecule has 168 valence electrons. The topological polar surface area (TPSA) is 88.5 Å². The first kappa shape index (κ1) is 24.0. The molecule has 2 N–H and O–H groups in total. The van der Waals surface area contributed by atoms with E-state index in [2.05, 4.69) is 10.3 Å². The first-order valence-corrected chi connectivity index (χ1v) is 12.4. The van der Waals surface area contributed by atoms with Gasteiger partial charge in [-0.1, -0.05) is 30.3 Å². The largest absolute Gasteiger partial charge is 0.480 e. The Hall–Kier alpha value is -2.68. The van der Waals surface area contributed by atoms with E-state index in [-0.39, 0.29) is 6.10 Å². The van der Waals surface area contributed by atoms with E-state index in [1.807, 2.05) is 49.6 Å². The van der Waals surface area contributed by atoms with E-state index >= 15 is 0 Å². The standard InChI is InChI=1S/C24H26N2O4S2/c1-15-6-4-5-7-17(15)19-12-16(22(30-2)21-13-25-14-32-21)8-9-18(19)23(27)26-20(24(28)29)10-11-31-3/h4-9,12-14,20,22H,10-11H2,1-3H3,(H,26,27)(H,28,29). The predicted octanol–water partition coefficient (Wildman–Crippen LogP) is 4.79. The van der Waals surface area contributed by atoms with E-state index in [4.69, 9.17) is 4.74 Å². The van der Waals surface area contributed by atoms with Gasteiger partial charge in [-0.3, -0.25) is 9.78 Å². The number of carbonyl (C=O) groups is 2. The Morgan fingerprint density at radius 2 is 2.00 bits per heavy atom. The average Bonchev–Trinajstić information content (AvgIpc) is 3.31. The highest BCUT2D eigenvalue weighted by Crippen LogP contribution is 2.34. The molecule has 0 bridgehead atoms. The van der Waals surface area contributed by atoms with Gasteiger partial charge in [-0.15, -0.1) is 11.3 Å². The Balaban J connectivity index is 2.04. The number of benzene rings is 2. The number of thioether (sulfide) groups is 1. The van der Waals surface area contributed by atoms with E-state index < -0.39 is 17.9 Å². The Morgan fingerprint density at radius 3 is 2.62 bits per heavy atom. The minimum absolute atomic E-state index is 0.310. The van der Waals surface area contributed by atoms with Crippen LogP contribution in [0.5, 0.6) is 0 Å². The van der Waals surface area contributed by atoms with Crippen LogP contribution in [0, 0.1) is 6.92 Å². The van der Waals surface area contributed by atoms with Crippen molar-refractivity contribution in [1.82, 2.24) is 10.3 Å². The van der Waals surface area contributed by atoms with Crippen molar-refractivity contribution in [2.75, 3.05) is 19.1 Å². The number of hydrogen-bond donors (Lipinski definition) is 2. The third-order valence-electron chi connectivity index (χ3n) is 5.19. The number of aryl methyl sites for hydroxylation is 1. The minimum atomic E-state index is -1.04. The highest BCUT2D eigenvalue weighted by molar-refractivity contribution is 7.98. The minimum Gasteiger partial charge on any atom is -0.480 e. The molecule has 0 saturated carbocycles. The summed E-state index contributed by atoms with van der Waals surface area (Å²) < 4.78 is 5.73. The third kappa shape index (κ3) is 5.56. The van der Waals surface area contributed by atoms with Gasteiger partial charge < -0.3 is 15.2 Å². The van der Waals surface area contributed by atoms with Gasteiger partial charge in [0.15, 0.2) is 0 Å². The molecular weight excluding hydrogens is 444 g/mol. The van der Waals surface area contributed by atoms with Crippen LogP contribution in [0.1, 0.15) is 38.9 Å². The lowest BCUT2D eigenvalue weighted by atomic mass is 9.92. The van der Waals surface area contributed by atoms with Gasteiger partial charge in [0.25, 0.3) is 5.91 Å². The number of methoxy groups -OCH3 is 1. The van der Waals surface area contributed by atoms with Crippen molar-refractivity contribution in [3.63, 3.8) is 0 Å². The quantitative estimate of drug-likeness (QED) is 0.443. The summed E-state index contributed by atoms with van der Waals surface area (Å²) in [5, 5.41) is 12.2. The smallest absolute Gasteiger partial charge is 0.326 e. The lowest BCUT2D eigenvalue weighted by Gasteiger charge is -2.20. The maximum absolute atomic E-state index is 13.2. The molecular formula is C24H26N2O4S2. The Morgan fingerprint density at radius 1 is 1.22 bits per heavy atom. The zero-order chi connectivity index (χ0) is 23.1. The first-order chi connectivity index (χ1) is 15.5. The number of carboxylic acid groups (broad SMARTS) is 1. The molecule has 32 heavy (non-hydrogen) atoms. The molecule has 6 nitrogen and oxygen atoms in total. The molecule has 0 aliphatic rings. The summed E-state index contributed by atoms with van der Waals surface area (Å²) in [7, 11) is 1.64. The van der Waals surface area contributed by atoms with Gasteiger partial charge in [-0.2, -0.15) is 11.8 Å². The van der Waals surface area contributed by atoms with Gasteiger partial charge >= 0.3 is 5.97 Å². The second-order valence-corrected chi connectivity index (χ2v) is 9.19. The number of carbonyl (C=O) groups excluding carboxylic acids is 1. The Labute approximate surface area is 196 Å². The molecule has 0 fully saturated rings. The summed E-state index contributed by atoms with van der Waals surface area (Å²) in [6.07, 6.45) is 3.73. The molecule has 0 spiro atoms. The molecule has 1 aromatic heterocycles. The molecule has 3 rings (SSSR count). The maximum atomic E-state index is 13.2. The van der Waals surface area contributed by atoms with Gasteiger partial charge in [0.2, 0.25) is 0 Å². The van der Waals surface area contributed by atoms with Gasteiger partial charge in [-0.25, -0.2) is 4.79 Å². The molecule has 0 aliphatic heterocycles. The van der Waals surface area contributed by atoms with Crippen LogP contribution >= 0.6 is 23.1 Å². The molecule has 8 heteroatoms. The fourth-order valence-corrected chi connectivity index (χ4v) is 4.71. The molecule has 2 aromatic carbocycles. The fourth-order valence-electron chi connectivity index (χ4n) is 3.52. The van der Waals surface area contributed by atoms with E-state index in [0.717, 1.165) is 27.1 Å². The maximum Gasteiger partial charge on any atom is 0.326 e. The van der Waals surface area contributed by atoms with Crippen molar-refractivity contribution in [3.05, 3.63) is 75.7 Å². The molecule has 0 aliphatic carbocycles. The number of rotatable bonds is 10. The van der Waals surface area contributed by atoms with Crippen LogP contribution in [0.15, 0.2) is 54.2 Å². The molecule has 2 atom stereocenters. The van der Waals surface area contributed by atoms with Gasteiger partial charge in [0.1, 0.15) is 12.1 Å². The molecule has 1 amide bonds. The summed E-state index contributed by atoms with van der Waals surface area (Å²) >= 11 is 3.05. The lowest BCUT2D eigenvalue weighted by Crippen LogP contribution is -2.41. The van der Waals surface area contributed by atoms with E-state index in [0.29, 0.717) is 17.7 Å². The molecule has 0 radical (unpaired) electrons. The zero-order valence-corrected chi connectivity index (χ0v) is 19.8. The number of hydrogen-bond acceptors (Lipinski definition) is 6. The third-order valence-corrected chi connectivity index (χ3v) is 6.65. The average molecular weight is 471 g/mol. The van der Waals surface area contributed by atoms with Crippen LogP contribution in [0.3, 0.4) is 0 Å². The van der Waals surface area contributed by atoms with Crippen molar-refractivity contribution in [1.29, 1.82) is 0 Å². The molecule has 0 saturated heterocycles. The Bertz CT molecular complexity index is 1070. The van der Waals surface area contributed by atoms with Crippen molar-refractivity contribution in [2.24, 2.45) is 0 Å². The van der Waals surface area contributed by atoms with E-state index in [1.165, 1.54) is 11.3 Å². The van der Waals surface area contributed by atoms with Crippen molar-refractivity contribution >= 4 is 35.0 Å². The Kier molecular flexibility index (Phi) is 8.44. The number of carboxylic acids is 1. The second kappa shape index (κ2) is 11.3. The summed E-state index contributed by atoms with van der Waals surface area (Å²) in [6, 6.07) is 12.4. The SMILES string of the molecule is COC(c1ccc(C(=O)NC(CCSC)C(=O)O)c(-c2ccccc2C)c1)c1cncs1. The highest BCUT2D eigenvalue weighted by atomic mass is 32.2. The monoisotopic (exact) mass is 470 g/mol. The normalized spacial score (nSPS) is 12.8. The number of amides is 1. The molecule has 3 aromatic rings. The van der Waals surface area contributed by atoms with E-state index in [9.17, 15) is 14.7 Å². The number of aromatic nitrogens is 1. The van der Waals surface area contributed by atoms with Crippen LogP contribution in [0.2, 0.25) is 0 Å². The highest BCUT2D eigenvalue weighted by Gasteiger charge is 2.24. The fraction of sp³-hybridized carbons (Fsp3) is 0.292. The van der Waals surface area contributed by atoms with Gasteiger partial charge in [-0.05, 0) is 59.7 Å². The summed E-state index contributed by atoms with van der Waals surface area (Å²) in [5.74, 6) is -0.799. The molecule has 2 unspecified atom stereocenters. The number of thiazole rings is 1.